The summed E-state index contributed by atoms with van der Waals surface area (Å²) in [4.78, 5) is 0.983. The number of hydrogen-bond acceptors (Lipinski definition) is 2. The average Bonchev–Trinajstić information content (AvgIpc) is 2.62. The molecule has 0 spiro atoms. The van der Waals surface area contributed by atoms with Crippen LogP contribution in [0.5, 0.6) is 0 Å². The molecule has 0 bridgehead atoms. The molecule has 96 valence electrons. The SMILES string of the molecule is Cc1sc(Br)cc1C(O)Cc1ccc(F)cc1F. The molecule has 0 aliphatic carbocycles. The Labute approximate surface area is 116 Å². The maximum atomic E-state index is 13.5. The van der Waals surface area contributed by atoms with Gasteiger partial charge in [-0.25, -0.2) is 8.78 Å². The summed E-state index contributed by atoms with van der Waals surface area (Å²) in [5.41, 5.74) is 1.08. The van der Waals surface area contributed by atoms with Crippen molar-refractivity contribution in [3.05, 3.63) is 55.7 Å². The number of aryl methyl sites for hydroxylation is 1. The molecule has 0 aliphatic heterocycles. The Bertz CT molecular complexity index is 568. The molecule has 1 atom stereocenters. The van der Waals surface area contributed by atoms with Crippen molar-refractivity contribution in [3.8, 4) is 0 Å². The molecular formula is C13H11BrF2OS. The van der Waals surface area contributed by atoms with E-state index in [4.69, 9.17) is 0 Å². The number of rotatable bonds is 3. The monoisotopic (exact) mass is 332 g/mol. The van der Waals surface area contributed by atoms with E-state index in [-0.39, 0.29) is 6.42 Å². The van der Waals surface area contributed by atoms with Crippen molar-refractivity contribution in [1.82, 2.24) is 0 Å². The number of halogens is 3. The average molecular weight is 333 g/mol. The zero-order valence-corrected chi connectivity index (χ0v) is 12.0. The zero-order chi connectivity index (χ0) is 13.3. The second-order valence-corrected chi connectivity index (χ2v) is 6.65. The molecule has 1 N–H and O–H groups in total. The standard InChI is InChI=1S/C13H11BrF2OS/c1-7-10(6-13(14)18-7)12(17)4-8-2-3-9(15)5-11(8)16/h2-3,5-6,12,17H,4H2,1H3. The van der Waals surface area contributed by atoms with Crippen LogP contribution < -0.4 is 0 Å². The molecule has 1 nitrogen and oxygen atoms in total. The number of aliphatic hydroxyl groups excluding tert-OH is 1. The summed E-state index contributed by atoms with van der Waals surface area (Å²) >= 11 is 4.86. The quantitative estimate of drug-likeness (QED) is 0.884. The van der Waals surface area contributed by atoms with Crippen LogP contribution in [0.15, 0.2) is 28.1 Å². The lowest BCUT2D eigenvalue weighted by molar-refractivity contribution is 0.177. The highest BCUT2D eigenvalue weighted by molar-refractivity contribution is 9.11. The molecule has 0 aliphatic rings. The van der Waals surface area contributed by atoms with Crippen LogP contribution in [0.25, 0.3) is 0 Å². The minimum absolute atomic E-state index is 0.135. The summed E-state index contributed by atoms with van der Waals surface area (Å²) in [6.07, 6.45) is -0.650. The molecule has 5 heteroatoms. The fraction of sp³-hybridized carbons (Fsp3) is 0.231. The summed E-state index contributed by atoms with van der Waals surface area (Å²) in [6, 6.07) is 5.22. The van der Waals surface area contributed by atoms with Crippen LogP contribution >= 0.6 is 27.3 Å². The first-order valence-electron chi connectivity index (χ1n) is 5.35. The van der Waals surface area contributed by atoms with Crippen molar-refractivity contribution >= 4 is 27.3 Å². The van der Waals surface area contributed by atoms with Gasteiger partial charge in [-0.15, -0.1) is 11.3 Å². The van der Waals surface area contributed by atoms with Gasteiger partial charge >= 0.3 is 0 Å². The van der Waals surface area contributed by atoms with Crippen LogP contribution in [0.1, 0.15) is 22.1 Å². The predicted molar refractivity (Wildman–Crippen MR) is 71.8 cm³/mol. The Morgan fingerprint density at radius 3 is 2.61 bits per heavy atom. The van der Waals surface area contributed by atoms with Crippen LogP contribution in [0, 0.1) is 18.6 Å². The molecule has 0 saturated carbocycles. The van der Waals surface area contributed by atoms with E-state index >= 15 is 0 Å². The third-order valence-corrected chi connectivity index (χ3v) is 4.28. The van der Waals surface area contributed by atoms with Gasteiger partial charge in [-0.2, -0.15) is 0 Å². The summed E-state index contributed by atoms with van der Waals surface area (Å²) < 4.78 is 27.2. The molecule has 0 amide bonds. The Morgan fingerprint density at radius 1 is 1.33 bits per heavy atom. The van der Waals surface area contributed by atoms with Crippen molar-refractivity contribution in [2.45, 2.75) is 19.4 Å². The van der Waals surface area contributed by atoms with Crippen LogP contribution in [0.4, 0.5) is 8.78 Å². The first-order chi connectivity index (χ1) is 8.47. The maximum Gasteiger partial charge on any atom is 0.129 e. The highest BCUT2D eigenvalue weighted by atomic mass is 79.9. The molecule has 1 unspecified atom stereocenters. The summed E-state index contributed by atoms with van der Waals surface area (Å²) in [6.45, 7) is 1.90. The van der Waals surface area contributed by atoms with Crippen LogP contribution in [0.3, 0.4) is 0 Å². The zero-order valence-electron chi connectivity index (χ0n) is 9.58. The molecule has 0 radical (unpaired) electrons. The van der Waals surface area contributed by atoms with E-state index in [1.165, 1.54) is 23.5 Å². The highest BCUT2D eigenvalue weighted by Crippen LogP contribution is 2.32. The van der Waals surface area contributed by atoms with E-state index in [1.54, 1.807) is 0 Å². The number of thiophene rings is 1. The van der Waals surface area contributed by atoms with Gasteiger partial charge in [0.2, 0.25) is 0 Å². The Morgan fingerprint density at radius 2 is 2.06 bits per heavy atom. The van der Waals surface area contributed by atoms with Crippen molar-refractivity contribution in [2.24, 2.45) is 0 Å². The summed E-state index contributed by atoms with van der Waals surface area (Å²) in [7, 11) is 0. The van der Waals surface area contributed by atoms with Crippen molar-refractivity contribution in [2.75, 3.05) is 0 Å². The second kappa shape index (κ2) is 5.47. The third kappa shape index (κ3) is 2.96. The predicted octanol–water partition coefficient (Wildman–Crippen LogP) is 4.37. The largest absolute Gasteiger partial charge is 0.388 e. The lowest BCUT2D eigenvalue weighted by Crippen LogP contribution is -2.04. The maximum absolute atomic E-state index is 13.5. The van der Waals surface area contributed by atoms with Gasteiger partial charge in [0.05, 0.1) is 9.89 Å². The van der Waals surface area contributed by atoms with E-state index in [9.17, 15) is 13.9 Å². The first-order valence-corrected chi connectivity index (χ1v) is 6.96. The molecule has 1 aromatic carbocycles. The molecule has 18 heavy (non-hydrogen) atoms. The van der Waals surface area contributed by atoms with E-state index in [1.807, 2.05) is 13.0 Å². The van der Waals surface area contributed by atoms with Crippen LogP contribution in [-0.2, 0) is 6.42 Å². The molecule has 1 heterocycles. The number of benzene rings is 1. The fourth-order valence-corrected chi connectivity index (χ4v) is 3.56. The van der Waals surface area contributed by atoms with Gasteiger partial charge in [0.1, 0.15) is 11.6 Å². The van der Waals surface area contributed by atoms with Crippen molar-refractivity contribution in [3.63, 3.8) is 0 Å². The summed E-state index contributed by atoms with van der Waals surface area (Å²) in [5.74, 6) is -1.24. The van der Waals surface area contributed by atoms with Gasteiger partial charge in [0.25, 0.3) is 0 Å². The molecule has 2 aromatic rings. The molecule has 1 aromatic heterocycles. The Balaban J connectivity index is 2.21. The third-order valence-electron chi connectivity index (χ3n) is 2.71. The Kier molecular flexibility index (Phi) is 4.14. The molecular weight excluding hydrogens is 322 g/mol. The van der Waals surface area contributed by atoms with Crippen molar-refractivity contribution in [1.29, 1.82) is 0 Å². The smallest absolute Gasteiger partial charge is 0.129 e. The van der Waals surface area contributed by atoms with Crippen LogP contribution in [0.2, 0.25) is 0 Å². The van der Waals surface area contributed by atoms with Gasteiger partial charge in [-0.1, -0.05) is 6.07 Å². The van der Waals surface area contributed by atoms with Crippen molar-refractivity contribution < 1.29 is 13.9 Å². The summed E-state index contributed by atoms with van der Waals surface area (Å²) in [5, 5.41) is 10.1. The number of aliphatic hydroxyl groups is 1. The highest BCUT2D eigenvalue weighted by Gasteiger charge is 2.16. The van der Waals surface area contributed by atoms with E-state index in [0.717, 1.165) is 20.3 Å². The fourth-order valence-electron chi connectivity index (χ4n) is 1.79. The Hall–Kier alpha value is -0.780. The van der Waals surface area contributed by atoms with E-state index in [0.29, 0.717) is 5.56 Å². The lowest BCUT2D eigenvalue weighted by atomic mass is 10.0. The van der Waals surface area contributed by atoms with E-state index < -0.39 is 17.7 Å². The minimum atomic E-state index is -0.785. The van der Waals surface area contributed by atoms with Gasteiger partial charge in [0, 0.05) is 17.4 Å². The first kappa shape index (κ1) is 13.6. The minimum Gasteiger partial charge on any atom is -0.388 e. The normalized spacial score (nSPS) is 12.7. The van der Waals surface area contributed by atoms with Gasteiger partial charge < -0.3 is 5.11 Å². The van der Waals surface area contributed by atoms with Gasteiger partial charge in [-0.05, 0) is 46.1 Å². The topological polar surface area (TPSA) is 20.2 Å². The van der Waals surface area contributed by atoms with Crippen LogP contribution in [-0.4, -0.2) is 5.11 Å². The van der Waals surface area contributed by atoms with E-state index in [2.05, 4.69) is 15.9 Å². The van der Waals surface area contributed by atoms with Gasteiger partial charge in [0.15, 0.2) is 0 Å². The number of hydrogen-bond donors (Lipinski definition) is 1. The molecule has 0 saturated heterocycles. The lowest BCUT2D eigenvalue weighted by Gasteiger charge is -2.11. The molecule has 2 rings (SSSR count). The second-order valence-electron chi connectivity index (χ2n) is 4.02. The van der Waals surface area contributed by atoms with Gasteiger partial charge in [-0.3, -0.25) is 0 Å². The molecule has 0 fully saturated rings.